The summed E-state index contributed by atoms with van der Waals surface area (Å²) < 4.78 is 13.0. The molecular weight excluding hydrogens is 257 g/mol. The smallest absolute Gasteiger partial charge is 0.236 e. The second-order valence-corrected chi connectivity index (χ2v) is 5.69. The topological polar surface area (TPSA) is 49.6 Å². The molecule has 1 saturated heterocycles. The van der Waals surface area contributed by atoms with E-state index < -0.39 is 0 Å². The molecule has 1 aromatic carbocycles. The summed E-state index contributed by atoms with van der Waals surface area (Å²) in [5, 5.41) is 0. The molecule has 0 aliphatic carbocycles. The summed E-state index contributed by atoms with van der Waals surface area (Å²) in [4.78, 5) is 15.7. The lowest BCUT2D eigenvalue weighted by molar-refractivity contribution is -0.133. The van der Waals surface area contributed by atoms with E-state index in [0.717, 1.165) is 12.0 Å². The van der Waals surface area contributed by atoms with E-state index in [4.69, 9.17) is 5.73 Å². The van der Waals surface area contributed by atoms with E-state index in [-0.39, 0.29) is 23.7 Å². The van der Waals surface area contributed by atoms with Crippen molar-refractivity contribution in [1.82, 2.24) is 9.80 Å². The molecule has 1 aliphatic heterocycles. The lowest BCUT2D eigenvalue weighted by Crippen LogP contribution is -2.51. The van der Waals surface area contributed by atoms with Crippen LogP contribution in [0.2, 0.25) is 0 Å². The molecule has 4 nitrogen and oxygen atoms in total. The van der Waals surface area contributed by atoms with Gasteiger partial charge in [0.2, 0.25) is 5.91 Å². The Labute approximate surface area is 119 Å². The molecule has 0 radical (unpaired) electrons. The van der Waals surface area contributed by atoms with Crippen molar-refractivity contribution in [3.8, 4) is 0 Å². The van der Waals surface area contributed by atoms with Crippen LogP contribution in [0.25, 0.3) is 0 Å². The molecule has 1 aromatic rings. The van der Waals surface area contributed by atoms with Gasteiger partial charge in [-0.15, -0.1) is 0 Å². The van der Waals surface area contributed by atoms with Gasteiger partial charge in [0.05, 0.1) is 6.54 Å². The average Bonchev–Trinajstić information content (AvgIpc) is 2.39. The highest BCUT2D eigenvalue weighted by Gasteiger charge is 2.30. The van der Waals surface area contributed by atoms with Crippen LogP contribution in [0.1, 0.15) is 17.9 Å². The Morgan fingerprint density at radius 1 is 1.40 bits per heavy atom. The number of amides is 1. The minimum Gasteiger partial charge on any atom is -0.340 e. The maximum atomic E-state index is 13.0. The van der Waals surface area contributed by atoms with Gasteiger partial charge < -0.3 is 15.5 Å². The Balaban J connectivity index is 1.98. The van der Waals surface area contributed by atoms with E-state index in [1.54, 1.807) is 12.1 Å². The number of carbonyl (C=O) groups is 1. The normalized spacial score (nSPS) is 23.1. The molecule has 110 valence electrons. The van der Waals surface area contributed by atoms with Gasteiger partial charge in [0.15, 0.2) is 0 Å². The van der Waals surface area contributed by atoms with Crippen LogP contribution in [0.3, 0.4) is 0 Å². The number of nitrogens with zero attached hydrogens (tertiary/aromatic N) is 2. The molecule has 1 heterocycles. The molecule has 1 amide bonds. The zero-order valence-corrected chi connectivity index (χ0v) is 12.1. The van der Waals surface area contributed by atoms with Gasteiger partial charge in [0, 0.05) is 25.0 Å². The van der Waals surface area contributed by atoms with Crippen LogP contribution in [0.5, 0.6) is 0 Å². The second-order valence-electron chi connectivity index (χ2n) is 5.69. The largest absolute Gasteiger partial charge is 0.340 e. The van der Waals surface area contributed by atoms with Gasteiger partial charge in [-0.25, -0.2) is 4.39 Å². The predicted molar refractivity (Wildman–Crippen MR) is 76.9 cm³/mol. The number of hydrogen-bond acceptors (Lipinski definition) is 3. The van der Waals surface area contributed by atoms with Crippen LogP contribution >= 0.6 is 0 Å². The van der Waals surface area contributed by atoms with Gasteiger partial charge in [0.25, 0.3) is 0 Å². The van der Waals surface area contributed by atoms with Gasteiger partial charge in [-0.05, 0) is 38.2 Å². The SMILES string of the molecule is CN(C)CC(=O)N1CCC(c2ccc(F)cc2)C(N)C1. The fraction of sp³-hybridized carbons (Fsp3) is 0.533. The summed E-state index contributed by atoms with van der Waals surface area (Å²) in [6.45, 7) is 1.69. The summed E-state index contributed by atoms with van der Waals surface area (Å²) in [6.07, 6.45) is 0.825. The highest BCUT2D eigenvalue weighted by atomic mass is 19.1. The highest BCUT2D eigenvalue weighted by Crippen LogP contribution is 2.27. The van der Waals surface area contributed by atoms with E-state index in [1.165, 1.54) is 12.1 Å². The lowest BCUT2D eigenvalue weighted by Gasteiger charge is -2.37. The Morgan fingerprint density at radius 2 is 2.05 bits per heavy atom. The summed E-state index contributed by atoms with van der Waals surface area (Å²) in [7, 11) is 3.76. The number of halogens is 1. The van der Waals surface area contributed by atoms with Crippen molar-refractivity contribution in [3.63, 3.8) is 0 Å². The third kappa shape index (κ3) is 3.55. The lowest BCUT2D eigenvalue weighted by atomic mass is 9.86. The van der Waals surface area contributed by atoms with Crippen LogP contribution in [0.15, 0.2) is 24.3 Å². The molecule has 5 heteroatoms. The molecular formula is C15H22FN3O. The first kappa shape index (κ1) is 14.9. The molecule has 0 bridgehead atoms. The van der Waals surface area contributed by atoms with E-state index in [1.807, 2.05) is 23.9 Å². The Morgan fingerprint density at radius 3 is 2.60 bits per heavy atom. The first-order valence-electron chi connectivity index (χ1n) is 6.91. The standard InChI is InChI=1S/C15H22FN3O/c1-18(2)10-15(20)19-8-7-13(14(17)9-19)11-3-5-12(16)6-4-11/h3-6,13-14H,7-10,17H2,1-2H3. The fourth-order valence-electron chi connectivity index (χ4n) is 2.70. The third-order valence-corrected chi connectivity index (χ3v) is 3.76. The van der Waals surface area contributed by atoms with Crippen LogP contribution in [0.4, 0.5) is 4.39 Å². The average molecular weight is 279 g/mol. The Hall–Kier alpha value is -1.46. The molecule has 2 unspecified atom stereocenters. The van der Waals surface area contributed by atoms with Crippen molar-refractivity contribution in [1.29, 1.82) is 0 Å². The van der Waals surface area contributed by atoms with Crippen LogP contribution < -0.4 is 5.73 Å². The number of hydrogen-bond donors (Lipinski definition) is 1. The number of benzene rings is 1. The summed E-state index contributed by atoms with van der Waals surface area (Å²) in [5.41, 5.74) is 7.26. The zero-order valence-electron chi connectivity index (χ0n) is 12.1. The summed E-state index contributed by atoms with van der Waals surface area (Å²) >= 11 is 0. The molecule has 2 N–H and O–H groups in total. The number of piperidine rings is 1. The molecule has 2 atom stereocenters. The minimum atomic E-state index is -0.235. The quantitative estimate of drug-likeness (QED) is 0.899. The molecule has 0 spiro atoms. The number of nitrogens with two attached hydrogens (primary N) is 1. The summed E-state index contributed by atoms with van der Waals surface area (Å²) in [6, 6.07) is 6.41. The molecule has 2 rings (SSSR count). The van der Waals surface area contributed by atoms with Gasteiger partial charge in [-0.1, -0.05) is 12.1 Å². The maximum Gasteiger partial charge on any atom is 0.236 e. The first-order chi connectivity index (χ1) is 9.47. The molecule has 1 aliphatic rings. The maximum absolute atomic E-state index is 13.0. The minimum absolute atomic E-state index is 0.0969. The van der Waals surface area contributed by atoms with Crippen LogP contribution in [0, 0.1) is 5.82 Å². The van der Waals surface area contributed by atoms with Gasteiger partial charge in [-0.3, -0.25) is 4.79 Å². The third-order valence-electron chi connectivity index (χ3n) is 3.76. The Kier molecular flexibility index (Phi) is 4.73. The van der Waals surface area contributed by atoms with E-state index in [0.29, 0.717) is 19.6 Å². The van der Waals surface area contributed by atoms with Crippen molar-refractivity contribution in [2.75, 3.05) is 33.7 Å². The number of likely N-dealkylation sites (tertiary alicyclic amines) is 1. The van der Waals surface area contributed by atoms with E-state index in [9.17, 15) is 9.18 Å². The molecule has 20 heavy (non-hydrogen) atoms. The molecule has 1 fully saturated rings. The zero-order chi connectivity index (χ0) is 14.7. The van der Waals surface area contributed by atoms with Crippen molar-refractivity contribution in [2.24, 2.45) is 5.73 Å². The van der Waals surface area contributed by atoms with Crippen molar-refractivity contribution >= 4 is 5.91 Å². The van der Waals surface area contributed by atoms with Gasteiger partial charge in [0.1, 0.15) is 5.82 Å². The van der Waals surface area contributed by atoms with Gasteiger partial charge in [-0.2, -0.15) is 0 Å². The van der Waals surface area contributed by atoms with Crippen LogP contribution in [-0.2, 0) is 4.79 Å². The van der Waals surface area contributed by atoms with Crippen molar-refractivity contribution < 1.29 is 9.18 Å². The number of carbonyl (C=O) groups excluding carboxylic acids is 1. The van der Waals surface area contributed by atoms with Crippen LogP contribution in [-0.4, -0.2) is 55.5 Å². The van der Waals surface area contributed by atoms with E-state index >= 15 is 0 Å². The molecule has 0 aromatic heterocycles. The Bertz CT molecular complexity index is 461. The molecule has 0 saturated carbocycles. The van der Waals surface area contributed by atoms with Crippen molar-refractivity contribution in [2.45, 2.75) is 18.4 Å². The monoisotopic (exact) mass is 279 g/mol. The number of likely N-dealkylation sites (N-methyl/N-ethyl adjacent to an activating group) is 1. The first-order valence-corrected chi connectivity index (χ1v) is 6.91. The number of rotatable bonds is 3. The van der Waals surface area contributed by atoms with E-state index in [2.05, 4.69) is 0 Å². The predicted octanol–water partition coefficient (Wildman–Crippen LogP) is 1.03. The van der Waals surface area contributed by atoms with Crippen molar-refractivity contribution in [3.05, 3.63) is 35.6 Å². The fourth-order valence-corrected chi connectivity index (χ4v) is 2.70. The van der Waals surface area contributed by atoms with Gasteiger partial charge >= 0.3 is 0 Å². The second kappa shape index (κ2) is 6.33. The summed E-state index contributed by atoms with van der Waals surface area (Å²) in [5.74, 6) is 0.0722. The highest BCUT2D eigenvalue weighted by molar-refractivity contribution is 5.78.